The van der Waals surface area contributed by atoms with Crippen LogP contribution in [0.15, 0.2) is 67.1 Å². The van der Waals surface area contributed by atoms with Crippen LogP contribution < -0.4 is 4.90 Å². The maximum Gasteiger partial charge on any atom is 0.233 e. The zero-order valence-electron chi connectivity index (χ0n) is 17.5. The summed E-state index contributed by atoms with van der Waals surface area (Å²) >= 11 is 0. The number of nitrogens with zero attached hydrogens (tertiary/aromatic N) is 4. The van der Waals surface area contributed by atoms with Gasteiger partial charge in [-0.05, 0) is 22.6 Å². The largest absolute Gasteiger partial charge is 0.292 e. The number of carbonyl (C=O) groups is 1. The molecule has 6 nitrogen and oxygen atoms in total. The molecule has 4 aromatic rings. The molecule has 1 aliphatic heterocycles. The second-order valence-corrected chi connectivity index (χ2v) is 8.12. The van der Waals surface area contributed by atoms with Gasteiger partial charge in [0.1, 0.15) is 5.82 Å². The van der Waals surface area contributed by atoms with Crippen LogP contribution in [0.3, 0.4) is 0 Å². The average molecular weight is 409 g/mol. The summed E-state index contributed by atoms with van der Waals surface area (Å²) in [4.78, 5) is 23.9. The Morgan fingerprint density at radius 1 is 1.03 bits per heavy atom. The van der Waals surface area contributed by atoms with Crippen molar-refractivity contribution in [1.29, 1.82) is 0 Å². The van der Waals surface area contributed by atoms with Crippen molar-refractivity contribution in [3.63, 3.8) is 0 Å². The second-order valence-electron chi connectivity index (χ2n) is 8.12. The van der Waals surface area contributed by atoms with E-state index in [1.54, 1.807) is 17.3 Å². The highest BCUT2D eigenvalue weighted by atomic mass is 16.2. The summed E-state index contributed by atoms with van der Waals surface area (Å²) in [6.45, 7) is 4.81. The minimum atomic E-state index is 0.0532. The van der Waals surface area contributed by atoms with E-state index < -0.39 is 0 Å². The first-order valence-corrected chi connectivity index (χ1v) is 10.4. The van der Waals surface area contributed by atoms with Crippen molar-refractivity contribution in [3.05, 3.63) is 83.8 Å². The molecule has 0 aliphatic carbocycles. The van der Waals surface area contributed by atoms with Crippen molar-refractivity contribution in [3.8, 4) is 22.5 Å². The molecular weight excluding hydrogens is 386 g/mol. The highest BCUT2D eigenvalue weighted by Crippen LogP contribution is 2.32. The van der Waals surface area contributed by atoms with Gasteiger partial charge in [0.25, 0.3) is 0 Å². The van der Waals surface area contributed by atoms with Gasteiger partial charge in [0.05, 0.1) is 19.2 Å². The highest BCUT2D eigenvalue weighted by molar-refractivity contribution is 6.00. The Kier molecular flexibility index (Phi) is 4.82. The number of benzene rings is 2. The maximum absolute atomic E-state index is 12.8. The van der Waals surface area contributed by atoms with E-state index in [0.717, 1.165) is 27.8 Å². The number of fused-ring (bicyclic) bond motifs is 1. The molecule has 5 rings (SSSR count). The third-order valence-electron chi connectivity index (χ3n) is 5.69. The summed E-state index contributed by atoms with van der Waals surface area (Å²) in [6.07, 6.45) is 5.80. The number of carbonyl (C=O) groups excluding carboxylic acids is 1. The molecule has 0 spiro atoms. The lowest BCUT2D eigenvalue weighted by Crippen LogP contribution is -2.26. The number of nitrogens with one attached hydrogen (secondary N) is 1. The molecule has 0 fully saturated rings. The molecule has 1 amide bonds. The van der Waals surface area contributed by atoms with Gasteiger partial charge in [-0.25, -0.2) is 9.97 Å². The fourth-order valence-electron chi connectivity index (χ4n) is 4.02. The summed E-state index contributed by atoms with van der Waals surface area (Å²) in [7, 11) is 0. The van der Waals surface area contributed by atoms with Crippen molar-refractivity contribution in [2.75, 3.05) is 4.90 Å². The predicted octanol–water partition coefficient (Wildman–Crippen LogP) is 4.75. The third kappa shape index (κ3) is 3.61. The number of aromatic amines is 1. The van der Waals surface area contributed by atoms with Crippen molar-refractivity contribution in [1.82, 2.24) is 20.2 Å². The number of anilines is 1. The average Bonchev–Trinajstić information content (AvgIpc) is 3.43. The Bertz CT molecular complexity index is 1230. The molecule has 0 bridgehead atoms. The van der Waals surface area contributed by atoms with Crippen LogP contribution in [-0.4, -0.2) is 26.1 Å². The number of hydrogen-bond donors (Lipinski definition) is 1. The molecule has 2 aromatic heterocycles. The first kappa shape index (κ1) is 19.2. The third-order valence-corrected chi connectivity index (χ3v) is 5.69. The van der Waals surface area contributed by atoms with Gasteiger partial charge in [-0.15, -0.1) is 0 Å². The van der Waals surface area contributed by atoms with E-state index >= 15 is 0 Å². The number of H-pyrrole nitrogens is 1. The lowest BCUT2D eigenvalue weighted by molar-refractivity contribution is -0.117. The van der Waals surface area contributed by atoms with E-state index in [-0.39, 0.29) is 5.91 Å². The zero-order chi connectivity index (χ0) is 21.4. The lowest BCUT2D eigenvalue weighted by atomic mass is 9.97. The van der Waals surface area contributed by atoms with E-state index in [1.807, 2.05) is 48.7 Å². The summed E-state index contributed by atoms with van der Waals surface area (Å²) in [5, 5.41) is 6.83. The number of hydrogen-bond acceptors (Lipinski definition) is 4. The van der Waals surface area contributed by atoms with Crippen LogP contribution in [0.4, 0.5) is 5.82 Å². The number of aromatic nitrogens is 4. The van der Waals surface area contributed by atoms with E-state index in [1.165, 1.54) is 5.56 Å². The summed E-state index contributed by atoms with van der Waals surface area (Å²) in [6, 6.07) is 16.4. The molecule has 2 aromatic carbocycles. The van der Waals surface area contributed by atoms with Gasteiger partial charge in [0.15, 0.2) is 5.82 Å². The second kappa shape index (κ2) is 7.80. The quantitative estimate of drug-likeness (QED) is 0.516. The minimum absolute atomic E-state index is 0.0532. The first-order valence-electron chi connectivity index (χ1n) is 10.4. The monoisotopic (exact) mass is 409 g/mol. The van der Waals surface area contributed by atoms with E-state index in [2.05, 4.69) is 35.1 Å². The number of amides is 1. The van der Waals surface area contributed by atoms with Crippen LogP contribution in [0.2, 0.25) is 0 Å². The van der Waals surface area contributed by atoms with Crippen molar-refractivity contribution in [2.45, 2.75) is 32.7 Å². The highest BCUT2D eigenvalue weighted by Gasteiger charge is 2.30. The molecule has 0 saturated carbocycles. The Morgan fingerprint density at radius 2 is 1.84 bits per heavy atom. The fourth-order valence-corrected chi connectivity index (χ4v) is 4.02. The Labute approximate surface area is 181 Å². The fraction of sp³-hybridized carbons (Fsp3) is 0.200. The SMILES string of the molecule is CC(C)c1ccccc1-c1ncc2c(n1)N(Cc1ccc(-c3cn[nH]c3)cc1)C(=O)C2. The van der Waals surface area contributed by atoms with Crippen LogP contribution in [-0.2, 0) is 17.8 Å². The Morgan fingerprint density at radius 3 is 2.58 bits per heavy atom. The molecule has 1 aliphatic rings. The topological polar surface area (TPSA) is 74.8 Å². The summed E-state index contributed by atoms with van der Waals surface area (Å²) in [5.74, 6) is 1.79. The van der Waals surface area contributed by atoms with E-state index in [0.29, 0.717) is 30.5 Å². The van der Waals surface area contributed by atoms with E-state index in [9.17, 15) is 4.79 Å². The van der Waals surface area contributed by atoms with Gasteiger partial charge in [0, 0.05) is 29.1 Å². The Balaban J connectivity index is 1.45. The van der Waals surface area contributed by atoms with Crippen LogP contribution in [0.5, 0.6) is 0 Å². The van der Waals surface area contributed by atoms with Crippen LogP contribution >= 0.6 is 0 Å². The molecule has 31 heavy (non-hydrogen) atoms. The van der Waals surface area contributed by atoms with Crippen molar-refractivity contribution < 1.29 is 4.79 Å². The van der Waals surface area contributed by atoms with Gasteiger partial charge < -0.3 is 0 Å². The molecule has 0 radical (unpaired) electrons. The minimum Gasteiger partial charge on any atom is -0.292 e. The number of rotatable bonds is 5. The molecule has 6 heteroatoms. The lowest BCUT2D eigenvalue weighted by Gasteiger charge is -2.18. The van der Waals surface area contributed by atoms with Crippen molar-refractivity contribution >= 4 is 11.7 Å². The molecule has 1 N–H and O–H groups in total. The normalized spacial score (nSPS) is 13.1. The summed E-state index contributed by atoms with van der Waals surface area (Å²) < 4.78 is 0. The zero-order valence-corrected chi connectivity index (χ0v) is 17.5. The van der Waals surface area contributed by atoms with Gasteiger partial charge >= 0.3 is 0 Å². The van der Waals surface area contributed by atoms with Gasteiger partial charge in [0.2, 0.25) is 5.91 Å². The molecule has 0 saturated heterocycles. The standard InChI is InChI=1S/C25H23N5O/c1-16(2)21-5-3-4-6-22(21)24-26-12-19-11-23(31)30(25(19)29-24)15-17-7-9-18(10-8-17)20-13-27-28-14-20/h3-10,12-14,16H,11,15H2,1-2H3,(H,27,28). The van der Waals surface area contributed by atoms with Crippen LogP contribution in [0.25, 0.3) is 22.5 Å². The smallest absolute Gasteiger partial charge is 0.233 e. The van der Waals surface area contributed by atoms with Crippen LogP contribution in [0, 0.1) is 0 Å². The van der Waals surface area contributed by atoms with Gasteiger partial charge in [-0.3, -0.25) is 14.8 Å². The molecule has 154 valence electrons. The summed E-state index contributed by atoms with van der Waals surface area (Å²) in [5.41, 5.74) is 6.27. The molecular formula is C25H23N5O. The van der Waals surface area contributed by atoms with Crippen molar-refractivity contribution in [2.24, 2.45) is 0 Å². The molecule has 0 unspecified atom stereocenters. The first-order chi connectivity index (χ1) is 15.1. The Hall–Kier alpha value is -3.80. The maximum atomic E-state index is 12.8. The van der Waals surface area contributed by atoms with Gasteiger partial charge in [-0.1, -0.05) is 62.4 Å². The van der Waals surface area contributed by atoms with Gasteiger partial charge in [-0.2, -0.15) is 5.10 Å². The molecule has 3 heterocycles. The van der Waals surface area contributed by atoms with Crippen LogP contribution in [0.1, 0.15) is 36.5 Å². The predicted molar refractivity (Wildman–Crippen MR) is 120 cm³/mol. The molecule has 0 atom stereocenters. The van der Waals surface area contributed by atoms with E-state index in [4.69, 9.17) is 4.98 Å².